The van der Waals surface area contributed by atoms with Crippen LogP contribution in [0.25, 0.3) is 0 Å². The predicted molar refractivity (Wildman–Crippen MR) is 80.1 cm³/mol. The molecular weight excluding hydrogens is 288 g/mol. The SMILES string of the molecule is NCc1ncccc1S(=O)(=O)NC1CCN2CCCC2C1. The van der Waals surface area contributed by atoms with E-state index in [1.807, 2.05) is 0 Å². The van der Waals surface area contributed by atoms with E-state index in [9.17, 15) is 8.42 Å². The summed E-state index contributed by atoms with van der Waals surface area (Å²) in [6, 6.07) is 3.75. The van der Waals surface area contributed by atoms with Crippen LogP contribution in [0.4, 0.5) is 0 Å². The van der Waals surface area contributed by atoms with Gasteiger partial charge in [-0.1, -0.05) is 0 Å². The Kier molecular flexibility index (Phi) is 4.26. The van der Waals surface area contributed by atoms with Crippen molar-refractivity contribution in [1.82, 2.24) is 14.6 Å². The van der Waals surface area contributed by atoms with Gasteiger partial charge < -0.3 is 10.6 Å². The molecule has 6 nitrogen and oxygen atoms in total. The fourth-order valence-electron chi connectivity index (χ4n) is 3.44. The van der Waals surface area contributed by atoms with Crippen molar-refractivity contribution >= 4 is 10.0 Å². The Balaban J connectivity index is 1.74. The maximum absolute atomic E-state index is 12.6. The van der Waals surface area contributed by atoms with Gasteiger partial charge in [0.15, 0.2) is 0 Å². The molecule has 2 unspecified atom stereocenters. The average molecular weight is 310 g/mol. The van der Waals surface area contributed by atoms with Gasteiger partial charge in [-0.25, -0.2) is 13.1 Å². The van der Waals surface area contributed by atoms with E-state index in [0.717, 1.165) is 25.9 Å². The van der Waals surface area contributed by atoms with Crippen molar-refractivity contribution in [2.24, 2.45) is 5.73 Å². The Labute approximate surface area is 125 Å². The second-order valence-corrected chi connectivity index (χ2v) is 7.51. The summed E-state index contributed by atoms with van der Waals surface area (Å²) in [6.07, 6.45) is 5.74. The minimum absolute atomic E-state index is 0.0141. The quantitative estimate of drug-likeness (QED) is 0.843. The molecule has 0 spiro atoms. The first-order chi connectivity index (χ1) is 10.1. The molecule has 3 heterocycles. The zero-order chi connectivity index (χ0) is 14.9. The first-order valence-corrected chi connectivity index (χ1v) is 8.99. The lowest BCUT2D eigenvalue weighted by Crippen LogP contribution is -2.47. The molecule has 1 aromatic heterocycles. The number of fused-ring (bicyclic) bond motifs is 1. The molecule has 0 saturated carbocycles. The molecule has 0 bridgehead atoms. The van der Waals surface area contributed by atoms with Crippen molar-refractivity contribution in [2.45, 2.75) is 49.2 Å². The van der Waals surface area contributed by atoms with E-state index in [1.54, 1.807) is 18.3 Å². The molecule has 3 rings (SSSR count). The van der Waals surface area contributed by atoms with Crippen LogP contribution >= 0.6 is 0 Å². The molecule has 0 amide bonds. The fourth-order valence-corrected chi connectivity index (χ4v) is 4.92. The molecule has 2 aliphatic rings. The summed E-state index contributed by atoms with van der Waals surface area (Å²) in [4.78, 5) is 6.74. The summed E-state index contributed by atoms with van der Waals surface area (Å²) in [7, 11) is -3.54. The Hall–Kier alpha value is -1.02. The van der Waals surface area contributed by atoms with Crippen LogP contribution in [-0.2, 0) is 16.6 Å². The molecule has 3 N–H and O–H groups in total. The highest BCUT2D eigenvalue weighted by Crippen LogP contribution is 2.27. The molecule has 2 fully saturated rings. The van der Waals surface area contributed by atoms with Crippen molar-refractivity contribution in [2.75, 3.05) is 13.1 Å². The largest absolute Gasteiger partial charge is 0.325 e. The number of hydrogen-bond acceptors (Lipinski definition) is 5. The highest BCUT2D eigenvalue weighted by molar-refractivity contribution is 7.89. The molecule has 0 aromatic carbocycles. The number of hydrogen-bond donors (Lipinski definition) is 2. The number of sulfonamides is 1. The second-order valence-electron chi connectivity index (χ2n) is 5.83. The highest BCUT2D eigenvalue weighted by Gasteiger charge is 2.34. The van der Waals surface area contributed by atoms with Gasteiger partial charge in [-0.2, -0.15) is 0 Å². The number of aromatic nitrogens is 1. The molecule has 0 radical (unpaired) electrons. The smallest absolute Gasteiger partial charge is 0.242 e. The van der Waals surface area contributed by atoms with Crippen LogP contribution in [0.2, 0.25) is 0 Å². The molecule has 1 aromatic rings. The van der Waals surface area contributed by atoms with E-state index >= 15 is 0 Å². The van der Waals surface area contributed by atoms with Crippen molar-refractivity contribution in [3.8, 4) is 0 Å². The average Bonchev–Trinajstić information content (AvgIpc) is 2.94. The van der Waals surface area contributed by atoms with Crippen molar-refractivity contribution in [3.05, 3.63) is 24.0 Å². The lowest BCUT2D eigenvalue weighted by Gasteiger charge is -2.35. The summed E-state index contributed by atoms with van der Waals surface area (Å²) in [5, 5.41) is 0. The molecule has 2 atom stereocenters. The summed E-state index contributed by atoms with van der Waals surface area (Å²) in [5.41, 5.74) is 6.01. The zero-order valence-corrected chi connectivity index (χ0v) is 12.8. The number of rotatable bonds is 4. The third-order valence-corrected chi connectivity index (χ3v) is 6.07. The monoisotopic (exact) mass is 310 g/mol. The van der Waals surface area contributed by atoms with Crippen LogP contribution in [-0.4, -0.2) is 43.5 Å². The Morgan fingerprint density at radius 2 is 2.24 bits per heavy atom. The maximum Gasteiger partial charge on any atom is 0.242 e. The zero-order valence-electron chi connectivity index (χ0n) is 12.0. The van der Waals surface area contributed by atoms with Gasteiger partial charge in [0.05, 0.1) is 5.69 Å². The van der Waals surface area contributed by atoms with E-state index in [1.165, 1.54) is 12.8 Å². The van der Waals surface area contributed by atoms with Gasteiger partial charge in [-0.3, -0.25) is 4.98 Å². The minimum Gasteiger partial charge on any atom is -0.325 e. The number of nitrogens with zero attached hydrogens (tertiary/aromatic N) is 2. The van der Waals surface area contributed by atoms with E-state index in [-0.39, 0.29) is 17.5 Å². The lowest BCUT2D eigenvalue weighted by atomic mass is 9.99. The fraction of sp³-hybridized carbons (Fsp3) is 0.643. The maximum atomic E-state index is 12.6. The molecule has 2 aliphatic heterocycles. The third-order valence-electron chi connectivity index (χ3n) is 4.47. The third kappa shape index (κ3) is 3.11. The van der Waals surface area contributed by atoms with Gasteiger partial charge in [0.1, 0.15) is 4.90 Å². The first kappa shape index (κ1) is 14.9. The van der Waals surface area contributed by atoms with E-state index in [0.29, 0.717) is 11.7 Å². The molecule has 116 valence electrons. The van der Waals surface area contributed by atoms with Crippen molar-refractivity contribution in [1.29, 1.82) is 0 Å². The summed E-state index contributed by atoms with van der Waals surface area (Å²) < 4.78 is 28.0. The van der Waals surface area contributed by atoms with E-state index in [2.05, 4.69) is 14.6 Å². The predicted octanol–water partition coefficient (Wildman–Crippen LogP) is 0.445. The van der Waals surface area contributed by atoms with Crippen molar-refractivity contribution in [3.63, 3.8) is 0 Å². The van der Waals surface area contributed by atoms with Crippen LogP contribution in [0, 0.1) is 0 Å². The summed E-state index contributed by atoms with van der Waals surface area (Å²) in [5.74, 6) is 0. The number of pyridine rings is 1. The molecular formula is C14H22N4O2S. The number of piperidine rings is 1. The van der Waals surface area contributed by atoms with Gasteiger partial charge in [-0.15, -0.1) is 0 Å². The summed E-state index contributed by atoms with van der Waals surface area (Å²) in [6.45, 7) is 2.26. The highest BCUT2D eigenvalue weighted by atomic mass is 32.2. The second kappa shape index (κ2) is 6.00. The first-order valence-electron chi connectivity index (χ1n) is 7.50. The van der Waals surface area contributed by atoms with Crippen LogP contribution in [0.5, 0.6) is 0 Å². The number of nitrogens with two attached hydrogens (primary N) is 1. The van der Waals surface area contributed by atoms with Crippen LogP contribution < -0.4 is 10.5 Å². The summed E-state index contributed by atoms with van der Waals surface area (Å²) >= 11 is 0. The number of nitrogens with one attached hydrogen (secondary N) is 1. The molecule has 2 saturated heterocycles. The van der Waals surface area contributed by atoms with E-state index < -0.39 is 10.0 Å². The topological polar surface area (TPSA) is 88.3 Å². The molecule has 7 heteroatoms. The minimum atomic E-state index is -3.54. The Morgan fingerprint density at radius 3 is 3.05 bits per heavy atom. The van der Waals surface area contributed by atoms with Crippen molar-refractivity contribution < 1.29 is 8.42 Å². The lowest BCUT2D eigenvalue weighted by molar-refractivity contribution is 0.176. The molecule has 21 heavy (non-hydrogen) atoms. The van der Waals surface area contributed by atoms with Gasteiger partial charge in [0.2, 0.25) is 10.0 Å². The normalized spacial score (nSPS) is 26.7. The standard InChI is InChI=1S/C14H22N4O2S/c15-10-13-14(4-1-6-16-13)21(19,20)17-11-5-8-18-7-2-3-12(18)9-11/h1,4,6,11-12,17H,2-3,5,7-10,15H2. The van der Waals surface area contributed by atoms with Gasteiger partial charge in [-0.05, 0) is 50.9 Å². The van der Waals surface area contributed by atoms with E-state index in [4.69, 9.17) is 5.73 Å². The van der Waals surface area contributed by atoms with Crippen LogP contribution in [0.1, 0.15) is 31.4 Å². The Morgan fingerprint density at radius 1 is 1.38 bits per heavy atom. The van der Waals surface area contributed by atoms with Crippen LogP contribution in [0.15, 0.2) is 23.2 Å². The van der Waals surface area contributed by atoms with Gasteiger partial charge >= 0.3 is 0 Å². The van der Waals surface area contributed by atoms with Crippen LogP contribution in [0.3, 0.4) is 0 Å². The van der Waals surface area contributed by atoms with Gasteiger partial charge in [0.25, 0.3) is 0 Å². The van der Waals surface area contributed by atoms with Gasteiger partial charge in [0, 0.05) is 24.8 Å². The Bertz CT molecular complexity index is 605. The molecule has 0 aliphatic carbocycles.